The lowest BCUT2D eigenvalue weighted by atomic mass is 10.2. The van der Waals surface area contributed by atoms with Crippen LogP contribution < -0.4 is 10.6 Å². The van der Waals surface area contributed by atoms with Crippen molar-refractivity contribution in [3.8, 4) is 0 Å². The molecule has 0 aliphatic carbocycles. The number of carbonyl (C=O) groups is 1. The molecule has 0 saturated heterocycles. The van der Waals surface area contributed by atoms with Gasteiger partial charge in [-0.15, -0.1) is 11.6 Å². The highest BCUT2D eigenvalue weighted by Crippen LogP contribution is 2.11. The van der Waals surface area contributed by atoms with Crippen molar-refractivity contribution < 1.29 is 4.79 Å². The maximum Gasteiger partial charge on any atom is 0.225 e. The number of alkyl halides is 1. The minimum absolute atomic E-state index is 0.0534. The van der Waals surface area contributed by atoms with Crippen molar-refractivity contribution in [1.29, 1.82) is 0 Å². The van der Waals surface area contributed by atoms with Gasteiger partial charge in [-0.25, -0.2) is 0 Å². The zero-order valence-corrected chi connectivity index (χ0v) is 11.3. The van der Waals surface area contributed by atoms with Crippen LogP contribution in [0.1, 0.15) is 18.4 Å². The number of nitrogens with one attached hydrogen (secondary N) is 2. The van der Waals surface area contributed by atoms with Crippen LogP contribution in [0.3, 0.4) is 0 Å². The van der Waals surface area contributed by atoms with E-state index >= 15 is 0 Å². The van der Waals surface area contributed by atoms with Crippen LogP contribution in [0.15, 0.2) is 30.3 Å². The number of rotatable bonds is 7. The molecule has 0 aliphatic rings. The Bertz CT molecular complexity index is 387. The largest absolute Gasteiger partial charge is 0.326 e. The van der Waals surface area contributed by atoms with Crippen molar-refractivity contribution >= 4 is 29.3 Å². The molecule has 1 amide bonds. The van der Waals surface area contributed by atoms with Gasteiger partial charge < -0.3 is 10.6 Å². The number of halogens is 1. The smallest absolute Gasteiger partial charge is 0.225 e. The summed E-state index contributed by atoms with van der Waals surface area (Å²) >= 11 is 5.50. The average Bonchev–Trinajstić information content (AvgIpc) is 2.37. The predicted octanol–water partition coefficient (Wildman–Crippen LogP) is 2.88. The van der Waals surface area contributed by atoms with Crippen LogP contribution in [0, 0.1) is 0 Å². The molecule has 0 aliphatic heterocycles. The first kappa shape index (κ1) is 14.7. The van der Waals surface area contributed by atoms with Gasteiger partial charge in [-0.3, -0.25) is 4.79 Å². The number of amides is 1. The van der Waals surface area contributed by atoms with Gasteiger partial charge in [-0.1, -0.05) is 24.3 Å². The molecule has 18 heavy (non-hydrogen) atoms. The molecule has 0 aromatic heterocycles. The van der Waals surface area contributed by atoms with Crippen molar-refractivity contribution in [3.63, 3.8) is 0 Å². The van der Waals surface area contributed by atoms with E-state index in [9.17, 15) is 4.79 Å². The molecule has 1 rings (SSSR count). The first-order valence-electron chi connectivity index (χ1n) is 6.03. The fraction of sp³-hybridized carbons (Fsp3) is 0.357. The SMILES string of the molecule is CNCCC=Cc1ccc(NC(=O)CCCl)cc1. The Hall–Kier alpha value is -1.32. The molecule has 3 nitrogen and oxygen atoms in total. The third kappa shape index (κ3) is 5.84. The normalized spacial score (nSPS) is 10.8. The van der Waals surface area contributed by atoms with Crippen molar-refractivity contribution in [3.05, 3.63) is 35.9 Å². The van der Waals surface area contributed by atoms with Crippen LogP contribution >= 0.6 is 11.6 Å². The molecule has 0 spiro atoms. The van der Waals surface area contributed by atoms with Gasteiger partial charge >= 0.3 is 0 Å². The molecular formula is C14H19ClN2O. The molecule has 0 unspecified atom stereocenters. The lowest BCUT2D eigenvalue weighted by molar-refractivity contribution is -0.115. The van der Waals surface area contributed by atoms with Crippen LogP contribution in [-0.2, 0) is 4.79 Å². The highest BCUT2D eigenvalue weighted by molar-refractivity contribution is 6.19. The molecule has 0 heterocycles. The van der Waals surface area contributed by atoms with Gasteiger partial charge in [-0.05, 0) is 37.7 Å². The number of hydrogen-bond donors (Lipinski definition) is 2. The Balaban J connectivity index is 2.47. The van der Waals surface area contributed by atoms with Crippen molar-refractivity contribution in [1.82, 2.24) is 5.32 Å². The number of carbonyl (C=O) groups excluding carboxylic acids is 1. The maximum absolute atomic E-state index is 11.3. The zero-order chi connectivity index (χ0) is 13.2. The molecule has 0 saturated carbocycles. The molecular weight excluding hydrogens is 248 g/mol. The number of anilines is 1. The highest BCUT2D eigenvalue weighted by atomic mass is 35.5. The first-order chi connectivity index (χ1) is 8.76. The van der Waals surface area contributed by atoms with E-state index in [4.69, 9.17) is 11.6 Å². The minimum atomic E-state index is -0.0534. The summed E-state index contributed by atoms with van der Waals surface area (Å²) in [6.45, 7) is 0.975. The molecule has 0 fully saturated rings. The van der Waals surface area contributed by atoms with E-state index in [1.54, 1.807) is 0 Å². The average molecular weight is 267 g/mol. The standard InChI is InChI=1S/C14H19ClN2O/c1-16-11-3-2-4-12-5-7-13(8-6-12)17-14(18)9-10-15/h2,4-8,16H,3,9-11H2,1H3,(H,17,18). The monoisotopic (exact) mass is 266 g/mol. The molecule has 2 N–H and O–H groups in total. The van der Waals surface area contributed by atoms with Crippen LogP contribution in [0.25, 0.3) is 6.08 Å². The summed E-state index contributed by atoms with van der Waals surface area (Å²) in [7, 11) is 1.94. The van der Waals surface area contributed by atoms with E-state index < -0.39 is 0 Å². The Kier molecular flexibility index (Phi) is 7.14. The van der Waals surface area contributed by atoms with Crippen LogP contribution in [0.2, 0.25) is 0 Å². The van der Waals surface area contributed by atoms with Gasteiger partial charge in [0.1, 0.15) is 0 Å². The second-order valence-corrected chi connectivity index (χ2v) is 4.28. The lowest BCUT2D eigenvalue weighted by Crippen LogP contribution is -2.11. The van der Waals surface area contributed by atoms with Crippen LogP contribution in [0.4, 0.5) is 5.69 Å². The molecule has 0 atom stereocenters. The summed E-state index contributed by atoms with van der Waals surface area (Å²) in [6, 6.07) is 7.74. The van der Waals surface area contributed by atoms with Crippen molar-refractivity contribution in [2.24, 2.45) is 0 Å². The van der Waals surface area contributed by atoms with Crippen molar-refractivity contribution in [2.75, 3.05) is 24.8 Å². The first-order valence-corrected chi connectivity index (χ1v) is 6.56. The topological polar surface area (TPSA) is 41.1 Å². The Morgan fingerprint density at radius 3 is 2.67 bits per heavy atom. The quantitative estimate of drug-likeness (QED) is 0.589. The van der Waals surface area contributed by atoms with Crippen LogP contribution in [-0.4, -0.2) is 25.4 Å². The third-order valence-corrected chi connectivity index (χ3v) is 2.58. The van der Waals surface area contributed by atoms with Gasteiger partial charge in [0.25, 0.3) is 0 Å². The predicted molar refractivity (Wildman–Crippen MR) is 78.0 cm³/mol. The Morgan fingerprint density at radius 1 is 1.33 bits per heavy atom. The molecule has 0 bridgehead atoms. The Labute approximate surface area is 113 Å². The summed E-state index contributed by atoms with van der Waals surface area (Å²) in [5.74, 6) is 0.292. The van der Waals surface area contributed by atoms with E-state index in [0.717, 1.165) is 24.2 Å². The third-order valence-electron chi connectivity index (χ3n) is 2.39. The Morgan fingerprint density at radius 2 is 2.06 bits per heavy atom. The molecule has 0 radical (unpaired) electrons. The maximum atomic E-state index is 11.3. The summed E-state index contributed by atoms with van der Waals surface area (Å²) in [5, 5.41) is 5.88. The molecule has 4 heteroatoms. The van der Waals surface area contributed by atoms with E-state index in [0.29, 0.717) is 12.3 Å². The van der Waals surface area contributed by atoms with E-state index in [1.807, 2.05) is 31.3 Å². The summed E-state index contributed by atoms with van der Waals surface area (Å²) in [5.41, 5.74) is 1.93. The highest BCUT2D eigenvalue weighted by Gasteiger charge is 2.00. The second-order valence-electron chi connectivity index (χ2n) is 3.90. The molecule has 1 aromatic rings. The van der Waals surface area contributed by atoms with E-state index in [1.165, 1.54) is 0 Å². The summed E-state index contributed by atoms with van der Waals surface area (Å²) in [6.07, 6.45) is 5.54. The van der Waals surface area contributed by atoms with Gasteiger partial charge in [0, 0.05) is 18.0 Å². The zero-order valence-electron chi connectivity index (χ0n) is 10.6. The number of benzene rings is 1. The molecule has 98 valence electrons. The fourth-order valence-corrected chi connectivity index (χ4v) is 1.61. The van der Waals surface area contributed by atoms with Gasteiger partial charge in [0.05, 0.1) is 0 Å². The van der Waals surface area contributed by atoms with Gasteiger partial charge in [0.15, 0.2) is 0 Å². The van der Waals surface area contributed by atoms with Gasteiger partial charge in [-0.2, -0.15) is 0 Å². The lowest BCUT2D eigenvalue weighted by Gasteiger charge is -2.04. The molecule has 1 aromatic carbocycles. The summed E-state index contributed by atoms with van der Waals surface area (Å²) < 4.78 is 0. The fourth-order valence-electron chi connectivity index (χ4n) is 1.43. The second kappa shape index (κ2) is 8.72. The van der Waals surface area contributed by atoms with E-state index in [-0.39, 0.29) is 5.91 Å². The minimum Gasteiger partial charge on any atom is -0.326 e. The number of hydrogen-bond acceptors (Lipinski definition) is 2. The van der Waals surface area contributed by atoms with Crippen molar-refractivity contribution in [2.45, 2.75) is 12.8 Å². The summed E-state index contributed by atoms with van der Waals surface area (Å²) in [4.78, 5) is 11.3. The van der Waals surface area contributed by atoms with E-state index in [2.05, 4.69) is 22.8 Å². The van der Waals surface area contributed by atoms with Gasteiger partial charge in [0.2, 0.25) is 5.91 Å². The van der Waals surface area contributed by atoms with Crippen LogP contribution in [0.5, 0.6) is 0 Å².